The van der Waals surface area contributed by atoms with Gasteiger partial charge in [-0.15, -0.1) is 0 Å². The molecule has 42 heavy (non-hydrogen) atoms. The molecule has 0 fully saturated rings. The topological polar surface area (TPSA) is 0 Å². The first-order valence-electron chi connectivity index (χ1n) is 14.2. The van der Waals surface area contributed by atoms with Gasteiger partial charge in [-0.1, -0.05) is 127 Å². The van der Waals surface area contributed by atoms with Crippen LogP contribution in [0.4, 0.5) is 8.78 Å². The molecule has 0 saturated carbocycles. The highest BCUT2D eigenvalue weighted by Crippen LogP contribution is 2.46. The number of halogens is 2. The minimum Gasteiger partial charge on any atom is -0.206 e. The zero-order chi connectivity index (χ0) is 27.9. The molecule has 0 radical (unpaired) electrons. The summed E-state index contributed by atoms with van der Waals surface area (Å²) in [4.78, 5) is 0. The molecular formula is C40H22F2. The van der Waals surface area contributed by atoms with Gasteiger partial charge in [0.15, 0.2) is 0 Å². The van der Waals surface area contributed by atoms with Crippen LogP contribution in [0.1, 0.15) is 0 Å². The third-order valence-electron chi connectivity index (χ3n) is 8.96. The molecule has 0 N–H and O–H groups in total. The molecule has 0 unspecified atom stereocenters. The summed E-state index contributed by atoms with van der Waals surface area (Å²) in [5, 5.41) is 11.5. The van der Waals surface area contributed by atoms with Crippen LogP contribution in [0.2, 0.25) is 0 Å². The number of rotatable bonds is 2. The van der Waals surface area contributed by atoms with Crippen LogP contribution in [0.15, 0.2) is 133 Å². The molecule has 0 nitrogen and oxygen atoms in total. The van der Waals surface area contributed by atoms with Crippen LogP contribution in [-0.2, 0) is 0 Å². The zero-order valence-corrected chi connectivity index (χ0v) is 22.5. The second kappa shape index (κ2) is 8.58. The Morgan fingerprint density at radius 2 is 0.738 bits per heavy atom. The Bertz CT molecular complexity index is 2480. The van der Waals surface area contributed by atoms with Crippen molar-refractivity contribution in [3.8, 4) is 22.3 Å². The molecule has 0 aliphatic rings. The third-order valence-corrected chi connectivity index (χ3v) is 8.96. The Kier molecular flexibility index (Phi) is 4.77. The normalized spacial score (nSPS) is 12.0. The third kappa shape index (κ3) is 3.09. The fourth-order valence-corrected chi connectivity index (χ4v) is 7.12. The minimum absolute atomic E-state index is 0.182. The van der Waals surface area contributed by atoms with Crippen molar-refractivity contribution in [1.29, 1.82) is 0 Å². The lowest BCUT2D eigenvalue weighted by Crippen LogP contribution is -1.93. The van der Waals surface area contributed by atoms with Gasteiger partial charge in [-0.2, -0.15) is 0 Å². The maximum Gasteiger partial charge on any atom is 0.138 e. The van der Waals surface area contributed by atoms with Crippen molar-refractivity contribution in [1.82, 2.24) is 0 Å². The Morgan fingerprint density at radius 1 is 0.310 bits per heavy atom. The molecule has 0 aromatic heterocycles. The molecule has 0 atom stereocenters. The van der Waals surface area contributed by atoms with E-state index in [1.807, 2.05) is 78.9 Å². The molecule has 0 aliphatic carbocycles. The maximum absolute atomic E-state index is 15.7. The smallest absolute Gasteiger partial charge is 0.138 e. The van der Waals surface area contributed by atoms with Crippen molar-refractivity contribution in [2.75, 3.05) is 0 Å². The molecular weight excluding hydrogens is 518 g/mol. The number of benzene rings is 9. The molecule has 9 aromatic carbocycles. The summed E-state index contributed by atoms with van der Waals surface area (Å²) in [6.45, 7) is 0. The van der Waals surface area contributed by atoms with Gasteiger partial charge in [0.25, 0.3) is 0 Å². The predicted molar refractivity (Wildman–Crippen MR) is 173 cm³/mol. The van der Waals surface area contributed by atoms with Crippen molar-refractivity contribution in [2.24, 2.45) is 0 Å². The Balaban J connectivity index is 1.42. The predicted octanol–water partition coefficient (Wildman–Crippen LogP) is 11.7. The summed E-state index contributed by atoms with van der Waals surface area (Å²) < 4.78 is 30.5. The summed E-state index contributed by atoms with van der Waals surface area (Å²) in [5.41, 5.74) is 4.23. The molecule has 0 amide bonds. The van der Waals surface area contributed by atoms with Gasteiger partial charge in [0, 0.05) is 16.2 Å². The molecule has 0 bridgehead atoms. The molecule has 196 valence electrons. The van der Waals surface area contributed by atoms with E-state index in [4.69, 9.17) is 0 Å². The van der Waals surface area contributed by atoms with Crippen molar-refractivity contribution < 1.29 is 8.78 Å². The van der Waals surface area contributed by atoms with E-state index < -0.39 is 0 Å². The van der Waals surface area contributed by atoms with Crippen LogP contribution in [0.25, 0.3) is 86.9 Å². The highest BCUT2D eigenvalue weighted by atomic mass is 19.1. The standard InChI is InChI=1S/C40H22F2/c41-36-22-21-26(25-7-1-2-8-28(25)36)27-17-13-23-15-19-32-33(20-16-24-14-18-31(27)37(23)38(24)32)39-29-9-3-5-11-34(29)40(42)35-12-6-4-10-30(35)39/h1-22H. The highest BCUT2D eigenvalue weighted by Gasteiger charge is 2.20. The summed E-state index contributed by atoms with van der Waals surface area (Å²) in [5.74, 6) is -0.394. The van der Waals surface area contributed by atoms with Crippen molar-refractivity contribution >= 4 is 64.6 Å². The average molecular weight is 541 g/mol. The van der Waals surface area contributed by atoms with Crippen LogP contribution in [-0.4, -0.2) is 0 Å². The van der Waals surface area contributed by atoms with Crippen LogP contribution in [0.3, 0.4) is 0 Å². The van der Waals surface area contributed by atoms with E-state index in [1.54, 1.807) is 6.07 Å². The summed E-state index contributed by atoms with van der Waals surface area (Å²) in [7, 11) is 0. The first-order chi connectivity index (χ1) is 20.7. The van der Waals surface area contributed by atoms with Crippen LogP contribution in [0.5, 0.6) is 0 Å². The van der Waals surface area contributed by atoms with E-state index in [0.29, 0.717) is 16.2 Å². The minimum atomic E-state index is -0.213. The van der Waals surface area contributed by atoms with Crippen molar-refractivity contribution in [2.45, 2.75) is 0 Å². The molecule has 0 heterocycles. The largest absolute Gasteiger partial charge is 0.206 e. The second-order valence-corrected chi connectivity index (χ2v) is 11.1. The van der Waals surface area contributed by atoms with E-state index in [-0.39, 0.29) is 11.6 Å². The molecule has 2 heteroatoms. The molecule has 9 aromatic rings. The summed E-state index contributed by atoms with van der Waals surface area (Å²) in [6.07, 6.45) is 0. The van der Waals surface area contributed by atoms with Crippen LogP contribution >= 0.6 is 0 Å². The van der Waals surface area contributed by atoms with E-state index in [0.717, 1.165) is 60.0 Å². The maximum atomic E-state index is 15.7. The highest BCUT2D eigenvalue weighted by molar-refractivity contribution is 6.29. The van der Waals surface area contributed by atoms with E-state index in [2.05, 4.69) is 48.5 Å². The zero-order valence-electron chi connectivity index (χ0n) is 22.5. The van der Waals surface area contributed by atoms with Gasteiger partial charge >= 0.3 is 0 Å². The Hall–Kier alpha value is -5.34. The van der Waals surface area contributed by atoms with Crippen molar-refractivity contribution in [3.63, 3.8) is 0 Å². The van der Waals surface area contributed by atoms with Crippen LogP contribution in [0, 0.1) is 11.6 Å². The van der Waals surface area contributed by atoms with Gasteiger partial charge in [-0.05, 0) is 76.8 Å². The molecule has 0 aliphatic heterocycles. The summed E-state index contributed by atoms with van der Waals surface area (Å²) >= 11 is 0. The number of hydrogen-bond acceptors (Lipinski definition) is 0. The second-order valence-electron chi connectivity index (χ2n) is 11.1. The molecule has 0 saturated heterocycles. The number of hydrogen-bond donors (Lipinski definition) is 0. The fourth-order valence-electron chi connectivity index (χ4n) is 7.12. The van der Waals surface area contributed by atoms with Crippen LogP contribution < -0.4 is 0 Å². The monoisotopic (exact) mass is 540 g/mol. The first kappa shape index (κ1) is 23.4. The van der Waals surface area contributed by atoms with Gasteiger partial charge in [0.05, 0.1) is 0 Å². The van der Waals surface area contributed by atoms with Gasteiger partial charge in [0.1, 0.15) is 11.6 Å². The van der Waals surface area contributed by atoms with E-state index in [1.165, 1.54) is 10.8 Å². The molecule has 9 rings (SSSR count). The van der Waals surface area contributed by atoms with E-state index >= 15 is 4.39 Å². The SMILES string of the molecule is Fc1ccc(-c2ccc3ccc4c(-c5c6ccccc6c(F)c6ccccc56)ccc5ccc2c3c54)c2ccccc12. The average Bonchev–Trinajstić information content (AvgIpc) is 3.05. The quantitative estimate of drug-likeness (QED) is 0.151. The lowest BCUT2D eigenvalue weighted by molar-refractivity contribution is 0.640. The van der Waals surface area contributed by atoms with E-state index in [9.17, 15) is 4.39 Å². The van der Waals surface area contributed by atoms with Crippen molar-refractivity contribution in [3.05, 3.63) is 145 Å². The van der Waals surface area contributed by atoms with Gasteiger partial charge in [0.2, 0.25) is 0 Å². The molecule has 0 spiro atoms. The lowest BCUT2D eigenvalue weighted by atomic mass is 9.84. The fraction of sp³-hybridized carbons (Fsp3) is 0. The first-order valence-corrected chi connectivity index (χ1v) is 14.2. The lowest BCUT2D eigenvalue weighted by Gasteiger charge is -2.19. The van der Waals surface area contributed by atoms with Gasteiger partial charge < -0.3 is 0 Å². The number of fused-ring (bicyclic) bond motifs is 3. The Morgan fingerprint density at radius 3 is 1.36 bits per heavy atom. The summed E-state index contributed by atoms with van der Waals surface area (Å²) in [6, 6.07) is 44.2. The van der Waals surface area contributed by atoms with Gasteiger partial charge in [-0.25, -0.2) is 8.78 Å². The Labute approximate surface area is 240 Å². The van der Waals surface area contributed by atoms with Gasteiger partial charge in [-0.3, -0.25) is 0 Å².